The molecule has 0 aromatic heterocycles. The first kappa shape index (κ1) is 19.2. The highest BCUT2D eigenvalue weighted by Crippen LogP contribution is 2.31. The van der Waals surface area contributed by atoms with Crippen LogP contribution < -0.4 is 5.32 Å². The van der Waals surface area contributed by atoms with Crippen LogP contribution in [0.3, 0.4) is 0 Å². The van der Waals surface area contributed by atoms with Crippen LogP contribution in [0.1, 0.15) is 85.7 Å². The van der Waals surface area contributed by atoms with Gasteiger partial charge in [-0.3, -0.25) is 19.7 Å². The SMILES string of the molecule is O=C1CCC(N2Cc3c(CCCCC4CCCCC4)cccc3C2=O)C(=O)N1. The summed E-state index contributed by atoms with van der Waals surface area (Å²) in [5.41, 5.74) is 3.05. The van der Waals surface area contributed by atoms with Crippen molar-refractivity contribution >= 4 is 17.7 Å². The lowest BCUT2D eigenvalue weighted by atomic mass is 9.85. The van der Waals surface area contributed by atoms with Crippen molar-refractivity contribution in [1.29, 1.82) is 0 Å². The predicted molar refractivity (Wildman–Crippen MR) is 107 cm³/mol. The Hall–Kier alpha value is -2.17. The summed E-state index contributed by atoms with van der Waals surface area (Å²) in [7, 11) is 0. The molecule has 1 N–H and O–H groups in total. The van der Waals surface area contributed by atoms with Crippen molar-refractivity contribution in [3.8, 4) is 0 Å². The molecule has 0 radical (unpaired) electrons. The van der Waals surface area contributed by atoms with Crippen molar-refractivity contribution in [2.75, 3.05) is 0 Å². The molecule has 1 unspecified atom stereocenters. The number of hydrogen-bond acceptors (Lipinski definition) is 3. The Bertz CT molecular complexity index is 767. The molecular formula is C23H30N2O3. The molecule has 5 heteroatoms. The van der Waals surface area contributed by atoms with Crippen LogP contribution in [0.4, 0.5) is 0 Å². The lowest BCUT2D eigenvalue weighted by Crippen LogP contribution is -2.52. The molecule has 1 atom stereocenters. The minimum absolute atomic E-state index is 0.0754. The first-order valence-electron chi connectivity index (χ1n) is 10.9. The fourth-order valence-corrected chi connectivity index (χ4v) is 5.11. The highest BCUT2D eigenvalue weighted by molar-refractivity contribution is 6.05. The third kappa shape index (κ3) is 3.98. The van der Waals surface area contributed by atoms with Gasteiger partial charge in [-0.05, 0) is 42.4 Å². The van der Waals surface area contributed by atoms with Gasteiger partial charge in [0.15, 0.2) is 0 Å². The normalized spacial score (nSPS) is 23.1. The first-order chi connectivity index (χ1) is 13.6. The van der Waals surface area contributed by atoms with Gasteiger partial charge in [-0.25, -0.2) is 0 Å². The van der Waals surface area contributed by atoms with Gasteiger partial charge in [0.2, 0.25) is 11.8 Å². The molecular weight excluding hydrogens is 352 g/mol. The molecule has 2 aliphatic heterocycles. The van der Waals surface area contributed by atoms with Gasteiger partial charge in [-0.15, -0.1) is 0 Å². The quantitative estimate of drug-likeness (QED) is 0.602. The summed E-state index contributed by atoms with van der Waals surface area (Å²) in [6.45, 7) is 0.485. The minimum atomic E-state index is -0.531. The lowest BCUT2D eigenvalue weighted by Gasteiger charge is -2.29. The second kappa shape index (κ2) is 8.46. The summed E-state index contributed by atoms with van der Waals surface area (Å²) in [4.78, 5) is 38.1. The number of carbonyl (C=O) groups excluding carboxylic acids is 3. The first-order valence-corrected chi connectivity index (χ1v) is 10.9. The maximum absolute atomic E-state index is 12.9. The molecule has 0 bridgehead atoms. The maximum Gasteiger partial charge on any atom is 0.255 e. The van der Waals surface area contributed by atoms with Gasteiger partial charge in [0.05, 0.1) is 0 Å². The monoisotopic (exact) mass is 382 g/mol. The number of piperidine rings is 1. The second-order valence-electron chi connectivity index (χ2n) is 8.59. The van der Waals surface area contributed by atoms with Crippen molar-refractivity contribution in [2.24, 2.45) is 5.92 Å². The van der Waals surface area contributed by atoms with E-state index in [0.717, 1.165) is 29.9 Å². The van der Waals surface area contributed by atoms with Gasteiger partial charge in [0.25, 0.3) is 5.91 Å². The molecule has 1 aromatic rings. The molecule has 1 aliphatic carbocycles. The van der Waals surface area contributed by atoms with E-state index >= 15 is 0 Å². The molecule has 3 amide bonds. The topological polar surface area (TPSA) is 66.5 Å². The zero-order valence-electron chi connectivity index (χ0n) is 16.5. The van der Waals surface area contributed by atoms with E-state index in [-0.39, 0.29) is 17.7 Å². The zero-order valence-corrected chi connectivity index (χ0v) is 16.5. The fraction of sp³-hybridized carbons (Fsp3) is 0.609. The van der Waals surface area contributed by atoms with Gasteiger partial charge in [-0.1, -0.05) is 57.1 Å². The van der Waals surface area contributed by atoms with Gasteiger partial charge >= 0.3 is 0 Å². The van der Waals surface area contributed by atoms with Crippen LogP contribution in [0.5, 0.6) is 0 Å². The number of nitrogens with one attached hydrogen (secondary N) is 1. The smallest absolute Gasteiger partial charge is 0.255 e. The third-order valence-electron chi connectivity index (χ3n) is 6.71. The van der Waals surface area contributed by atoms with E-state index in [0.29, 0.717) is 19.4 Å². The van der Waals surface area contributed by atoms with Crippen LogP contribution in [0.2, 0.25) is 0 Å². The Labute approximate surface area is 166 Å². The molecule has 1 saturated heterocycles. The number of imide groups is 1. The number of benzene rings is 1. The van der Waals surface area contributed by atoms with Gasteiger partial charge in [-0.2, -0.15) is 0 Å². The number of aryl methyl sites for hydroxylation is 1. The van der Waals surface area contributed by atoms with Crippen LogP contribution in [0.15, 0.2) is 18.2 Å². The van der Waals surface area contributed by atoms with E-state index in [2.05, 4.69) is 11.4 Å². The molecule has 3 aliphatic rings. The predicted octanol–water partition coefficient (Wildman–Crippen LogP) is 3.74. The Morgan fingerprint density at radius 2 is 1.82 bits per heavy atom. The van der Waals surface area contributed by atoms with Crippen LogP contribution >= 0.6 is 0 Å². The number of hydrogen-bond donors (Lipinski definition) is 1. The summed E-state index contributed by atoms with van der Waals surface area (Å²) in [5, 5.41) is 2.37. The van der Waals surface area contributed by atoms with Gasteiger partial charge in [0, 0.05) is 18.5 Å². The highest BCUT2D eigenvalue weighted by atomic mass is 16.2. The molecule has 1 saturated carbocycles. The molecule has 2 heterocycles. The average molecular weight is 383 g/mol. The van der Waals surface area contributed by atoms with E-state index in [1.54, 1.807) is 4.90 Å². The van der Waals surface area contributed by atoms with Gasteiger partial charge in [0.1, 0.15) is 6.04 Å². The minimum Gasteiger partial charge on any atom is -0.322 e. The summed E-state index contributed by atoms with van der Waals surface area (Å²) in [5.74, 6) is 0.254. The van der Waals surface area contributed by atoms with Crippen molar-refractivity contribution in [3.05, 3.63) is 34.9 Å². The van der Waals surface area contributed by atoms with Crippen LogP contribution in [0, 0.1) is 5.92 Å². The van der Waals surface area contributed by atoms with E-state index in [1.165, 1.54) is 50.5 Å². The Morgan fingerprint density at radius 3 is 2.61 bits per heavy atom. The van der Waals surface area contributed by atoms with E-state index in [1.807, 2.05) is 12.1 Å². The second-order valence-corrected chi connectivity index (χ2v) is 8.59. The van der Waals surface area contributed by atoms with Crippen LogP contribution in [0.25, 0.3) is 0 Å². The molecule has 28 heavy (non-hydrogen) atoms. The van der Waals surface area contributed by atoms with Crippen molar-refractivity contribution in [3.63, 3.8) is 0 Å². The molecule has 4 rings (SSSR count). The average Bonchev–Trinajstić information content (AvgIpc) is 3.03. The molecule has 150 valence electrons. The zero-order chi connectivity index (χ0) is 19.5. The number of carbonyl (C=O) groups is 3. The van der Waals surface area contributed by atoms with E-state index in [9.17, 15) is 14.4 Å². The van der Waals surface area contributed by atoms with Crippen molar-refractivity contribution in [2.45, 2.75) is 83.2 Å². The summed E-state index contributed by atoms with van der Waals surface area (Å²) < 4.78 is 0. The molecule has 2 fully saturated rings. The van der Waals surface area contributed by atoms with Crippen LogP contribution in [-0.2, 0) is 22.6 Å². The fourth-order valence-electron chi connectivity index (χ4n) is 5.11. The highest BCUT2D eigenvalue weighted by Gasteiger charge is 2.39. The molecule has 0 spiro atoms. The Balaban J connectivity index is 1.37. The summed E-state index contributed by atoms with van der Waals surface area (Å²) in [6, 6.07) is 5.42. The number of nitrogens with zero attached hydrogens (tertiary/aromatic N) is 1. The number of rotatable bonds is 6. The van der Waals surface area contributed by atoms with E-state index in [4.69, 9.17) is 0 Å². The van der Waals surface area contributed by atoms with Crippen molar-refractivity contribution in [1.82, 2.24) is 10.2 Å². The lowest BCUT2D eigenvalue weighted by molar-refractivity contribution is -0.136. The maximum atomic E-state index is 12.9. The van der Waals surface area contributed by atoms with E-state index < -0.39 is 6.04 Å². The standard InChI is InChI=1S/C23H30N2O3/c26-21-14-13-20(22(27)24-21)25-15-19-17(11-6-12-18(19)23(25)28)10-5-4-9-16-7-2-1-3-8-16/h6,11-12,16,20H,1-5,7-10,13-15H2,(H,24,26,27). The van der Waals surface area contributed by atoms with Crippen molar-refractivity contribution < 1.29 is 14.4 Å². The van der Waals surface area contributed by atoms with Crippen LogP contribution in [-0.4, -0.2) is 28.7 Å². The number of amides is 3. The Morgan fingerprint density at radius 1 is 1.00 bits per heavy atom. The largest absolute Gasteiger partial charge is 0.322 e. The summed E-state index contributed by atoms with van der Waals surface area (Å²) >= 11 is 0. The molecule has 1 aromatic carbocycles. The third-order valence-corrected chi connectivity index (χ3v) is 6.71. The van der Waals surface area contributed by atoms with Gasteiger partial charge < -0.3 is 4.90 Å². The summed E-state index contributed by atoms with van der Waals surface area (Å²) in [6.07, 6.45) is 12.4. The molecule has 5 nitrogen and oxygen atoms in total. The number of unbranched alkanes of at least 4 members (excludes halogenated alkanes) is 1. The number of fused-ring (bicyclic) bond motifs is 1. The Kier molecular flexibility index (Phi) is 5.79.